The molecule has 1 aliphatic rings. The van der Waals surface area contributed by atoms with E-state index in [0.29, 0.717) is 49.4 Å². The van der Waals surface area contributed by atoms with Gasteiger partial charge >= 0.3 is 0 Å². The van der Waals surface area contributed by atoms with Crippen molar-refractivity contribution in [3.63, 3.8) is 0 Å². The summed E-state index contributed by atoms with van der Waals surface area (Å²) in [6, 6.07) is 14.7. The van der Waals surface area contributed by atoms with Crippen LogP contribution in [0.3, 0.4) is 0 Å². The lowest BCUT2D eigenvalue weighted by atomic mass is 10.2. The molecule has 0 saturated carbocycles. The first kappa shape index (κ1) is 17.4. The van der Waals surface area contributed by atoms with E-state index in [1.807, 2.05) is 23.1 Å². The van der Waals surface area contributed by atoms with Gasteiger partial charge in [-0.1, -0.05) is 36.4 Å². The SMILES string of the molecule is Fc1ccc2c(c1)OCCN(c1nc(NCc3ccccc3)c3[nH]cnc3n1)C2. The first-order valence-electron chi connectivity index (χ1n) is 9.41. The van der Waals surface area contributed by atoms with Crippen LogP contribution in [0.25, 0.3) is 11.2 Å². The molecule has 0 bridgehead atoms. The van der Waals surface area contributed by atoms with Crippen LogP contribution in [0.4, 0.5) is 16.2 Å². The Hall–Kier alpha value is -3.68. The highest BCUT2D eigenvalue weighted by molar-refractivity contribution is 5.83. The molecule has 0 aliphatic carbocycles. The molecule has 0 radical (unpaired) electrons. The summed E-state index contributed by atoms with van der Waals surface area (Å²) < 4.78 is 19.2. The van der Waals surface area contributed by atoms with Crippen LogP contribution in [0.2, 0.25) is 0 Å². The molecule has 2 aromatic carbocycles. The number of hydrogen-bond acceptors (Lipinski definition) is 6. The summed E-state index contributed by atoms with van der Waals surface area (Å²) in [5, 5.41) is 3.38. The van der Waals surface area contributed by atoms with E-state index in [4.69, 9.17) is 9.72 Å². The van der Waals surface area contributed by atoms with E-state index in [9.17, 15) is 4.39 Å². The number of fused-ring (bicyclic) bond motifs is 2. The second-order valence-electron chi connectivity index (χ2n) is 6.83. The maximum atomic E-state index is 13.5. The van der Waals surface area contributed by atoms with E-state index in [0.717, 1.165) is 16.6 Å². The minimum absolute atomic E-state index is 0.307. The molecule has 0 spiro atoms. The molecule has 4 aromatic rings. The zero-order valence-electron chi connectivity index (χ0n) is 15.6. The van der Waals surface area contributed by atoms with Gasteiger partial charge in [0.15, 0.2) is 11.5 Å². The lowest BCUT2D eigenvalue weighted by Crippen LogP contribution is -2.27. The van der Waals surface area contributed by atoms with Crippen LogP contribution >= 0.6 is 0 Å². The van der Waals surface area contributed by atoms with Crippen molar-refractivity contribution in [2.45, 2.75) is 13.1 Å². The smallest absolute Gasteiger partial charge is 0.229 e. The average molecular weight is 390 g/mol. The normalized spacial score (nSPS) is 13.6. The predicted octanol–water partition coefficient (Wildman–Crippen LogP) is 3.50. The van der Waals surface area contributed by atoms with Crippen LogP contribution in [0, 0.1) is 5.82 Å². The summed E-state index contributed by atoms with van der Waals surface area (Å²) in [4.78, 5) is 18.8. The third-order valence-electron chi connectivity index (χ3n) is 4.87. The van der Waals surface area contributed by atoms with Crippen LogP contribution in [0.5, 0.6) is 5.75 Å². The molecule has 2 N–H and O–H groups in total. The number of ether oxygens (including phenoxy) is 1. The fourth-order valence-electron chi connectivity index (χ4n) is 3.39. The third kappa shape index (κ3) is 3.56. The Labute approximate surface area is 166 Å². The fraction of sp³-hybridized carbons (Fsp3) is 0.190. The van der Waals surface area contributed by atoms with Gasteiger partial charge in [-0.2, -0.15) is 9.97 Å². The molecule has 3 heterocycles. The molecule has 7 nitrogen and oxygen atoms in total. The second-order valence-corrected chi connectivity index (χ2v) is 6.83. The highest BCUT2D eigenvalue weighted by atomic mass is 19.1. The van der Waals surface area contributed by atoms with Gasteiger partial charge in [0, 0.05) is 24.7 Å². The first-order valence-corrected chi connectivity index (χ1v) is 9.41. The van der Waals surface area contributed by atoms with Crippen LogP contribution in [-0.4, -0.2) is 33.1 Å². The Balaban J connectivity index is 1.46. The molecule has 0 atom stereocenters. The fourth-order valence-corrected chi connectivity index (χ4v) is 3.39. The summed E-state index contributed by atoms with van der Waals surface area (Å²) in [6.45, 7) is 2.18. The van der Waals surface area contributed by atoms with Gasteiger partial charge in [0.2, 0.25) is 5.95 Å². The molecule has 8 heteroatoms. The lowest BCUT2D eigenvalue weighted by molar-refractivity contribution is 0.329. The van der Waals surface area contributed by atoms with Crippen LogP contribution in [0.15, 0.2) is 54.9 Å². The Morgan fingerprint density at radius 1 is 1.14 bits per heavy atom. The second kappa shape index (κ2) is 7.38. The molecule has 2 aromatic heterocycles. The maximum Gasteiger partial charge on any atom is 0.229 e. The predicted molar refractivity (Wildman–Crippen MR) is 108 cm³/mol. The molecule has 29 heavy (non-hydrogen) atoms. The Morgan fingerprint density at radius 2 is 2.03 bits per heavy atom. The number of aromatic amines is 1. The van der Waals surface area contributed by atoms with Crippen molar-refractivity contribution in [2.24, 2.45) is 0 Å². The molecule has 0 amide bonds. The third-order valence-corrected chi connectivity index (χ3v) is 4.87. The summed E-state index contributed by atoms with van der Waals surface area (Å²) >= 11 is 0. The Morgan fingerprint density at radius 3 is 2.93 bits per heavy atom. The molecule has 5 rings (SSSR count). The highest BCUT2D eigenvalue weighted by Gasteiger charge is 2.20. The van der Waals surface area contributed by atoms with Crippen LogP contribution in [-0.2, 0) is 13.1 Å². The number of H-pyrrole nitrogens is 1. The zero-order chi connectivity index (χ0) is 19.6. The number of rotatable bonds is 4. The van der Waals surface area contributed by atoms with Crippen LogP contribution in [0.1, 0.15) is 11.1 Å². The quantitative estimate of drug-likeness (QED) is 0.555. The molecule has 1 aliphatic heterocycles. The molecule has 0 unspecified atom stereocenters. The Kier molecular flexibility index (Phi) is 4.44. The number of imidazole rings is 1. The number of nitrogens with zero attached hydrogens (tertiary/aromatic N) is 4. The molecular formula is C21H19FN6O. The monoisotopic (exact) mass is 390 g/mol. The van der Waals surface area contributed by atoms with Crippen molar-refractivity contribution in [1.29, 1.82) is 0 Å². The van der Waals surface area contributed by atoms with Crippen LogP contribution < -0.4 is 15.0 Å². The van der Waals surface area contributed by atoms with Gasteiger partial charge in [-0.15, -0.1) is 0 Å². The standard InChI is InChI=1S/C21H19FN6O/c22-16-7-6-15-12-28(8-9-29-17(15)10-16)21-26-19(18-20(27-21)25-13-24-18)23-11-14-4-2-1-3-5-14/h1-7,10,13H,8-9,11-12H2,(H2,23,24,25,26,27). The first-order chi connectivity index (χ1) is 14.3. The number of aromatic nitrogens is 4. The number of nitrogens with one attached hydrogen (secondary N) is 2. The van der Waals surface area contributed by atoms with Gasteiger partial charge in [-0.05, 0) is 11.6 Å². The average Bonchev–Trinajstić information content (AvgIpc) is 3.12. The van der Waals surface area contributed by atoms with Gasteiger partial charge < -0.3 is 19.9 Å². The zero-order valence-corrected chi connectivity index (χ0v) is 15.6. The van der Waals surface area contributed by atoms with E-state index in [1.54, 1.807) is 12.4 Å². The largest absolute Gasteiger partial charge is 0.491 e. The number of benzene rings is 2. The maximum absolute atomic E-state index is 13.5. The summed E-state index contributed by atoms with van der Waals surface area (Å²) in [7, 11) is 0. The van der Waals surface area contributed by atoms with Crippen molar-refractivity contribution in [3.8, 4) is 5.75 Å². The van der Waals surface area contributed by atoms with E-state index < -0.39 is 0 Å². The van der Waals surface area contributed by atoms with Gasteiger partial charge in [0.25, 0.3) is 0 Å². The van der Waals surface area contributed by atoms with Gasteiger partial charge in [-0.3, -0.25) is 0 Å². The van der Waals surface area contributed by atoms with Crippen molar-refractivity contribution < 1.29 is 9.13 Å². The Bertz CT molecular complexity index is 1150. The topological polar surface area (TPSA) is 79.0 Å². The van der Waals surface area contributed by atoms with Crippen molar-refractivity contribution >= 4 is 22.9 Å². The summed E-state index contributed by atoms with van der Waals surface area (Å²) in [6.07, 6.45) is 1.61. The molecule has 0 fully saturated rings. The number of halogens is 1. The van der Waals surface area contributed by atoms with E-state index in [2.05, 4.69) is 32.4 Å². The number of anilines is 2. The number of hydrogen-bond donors (Lipinski definition) is 2. The molecule has 146 valence electrons. The summed E-state index contributed by atoms with van der Waals surface area (Å²) in [5.74, 6) is 1.51. The van der Waals surface area contributed by atoms with Gasteiger partial charge in [0.1, 0.15) is 23.7 Å². The highest BCUT2D eigenvalue weighted by Crippen LogP contribution is 2.27. The van der Waals surface area contributed by atoms with E-state index in [-0.39, 0.29) is 5.82 Å². The van der Waals surface area contributed by atoms with E-state index >= 15 is 0 Å². The van der Waals surface area contributed by atoms with Crippen molar-refractivity contribution in [2.75, 3.05) is 23.4 Å². The van der Waals surface area contributed by atoms with Crippen molar-refractivity contribution in [1.82, 2.24) is 19.9 Å². The summed E-state index contributed by atoms with van der Waals surface area (Å²) in [5.41, 5.74) is 3.40. The van der Waals surface area contributed by atoms with Gasteiger partial charge in [-0.25, -0.2) is 9.37 Å². The van der Waals surface area contributed by atoms with Crippen molar-refractivity contribution in [3.05, 3.63) is 71.8 Å². The molecular weight excluding hydrogens is 371 g/mol. The molecule has 0 saturated heterocycles. The minimum atomic E-state index is -0.307. The van der Waals surface area contributed by atoms with Gasteiger partial charge in [0.05, 0.1) is 12.9 Å². The lowest BCUT2D eigenvalue weighted by Gasteiger charge is -2.20. The minimum Gasteiger partial charge on any atom is -0.491 e. The van der Waals surface area contributed by atoms with E-state index in [1.165, 1.54) is 12.1 Å².